The number of carbonyl (C=O) groups is 2. The van der Waals surface area contributed by atoms with Crippen molar-refractivity contribution >= 4 is 28.4 Å². The summed E-state index contributed by atoms with van der Waals surface area (Å²) in [5, 5.41) is 19.6. The van der Waals surface area contributed by atoms with Crippen molar-refractivity contribution in [3.8, 4) is 6.07 Å². The van der Waals surface area contributed by atoms with Crippen molar-refractivity contribution in [2.24, 2.45) is 11.8 Å². The lowest BCUT2D eigenvalue weighted by atomic mass is 9.67. The van der Waals surface area contributed by atoms with Gasteiger partial charge in [0, 0.05) is 24.6 Å². The molecule has 0 radical (unpaired) electrons. The predicted molar refractivity (Wildman–Crippen MR) is 98.5 cm³/mol. The molecule has 2 amide bonds. The Morgan fingerprint density at radius 1 is 1.24 bits per heavy atom. The Bertz CT molecular complexity index is 1160. The number of hydrogen-bond donors (Lipinski definition) is 1. The molecule has 6 atom stereocenters. The van der Waals surface area contributed by atoms with Crippen molar-refractivity contribution in [3.05, 3.63) is 36.0 Å². The summed E-state index contributed by atoms with van der Waals surface area (Å²) in [6, 6.07) is 8.77. The highest BCUT2D eigenvalue weighted by Crippen LogP contribution is 2.69. The molecule has 4 aliphatic rings. The molecular formula is C21H17N3O5. The Kier molecular flexibility index (Phi) is 3.05. The summed E-state index contributed by atoms with van der Waals surface area (Å²) in [7, 11) is 0. The van der Waals surface area contributed by atoms with Crippen LogP contribution in [0.5, 0.6) is 0 Å². The molecule has 1 N–H and O–H groups in total. The maximum Gasteiger partial charge on any atom is 0.240 e. The Morgan fingerprint density at radius 3 is 2.79 bits per heavy atom. The van der Waals surface area contributed by atoms with Crippen LogP contribution in [0.3, 0.4) is 0 Å². The number of aliphatic hydroxyl groups excluding tert-OH is 1. The van der Waals surface area contributed by atoms with Gasteiger partial charge in [0.15, 0.2) is 0 Å². The number of aliphatic hydroxyl groups is 1. The fourth-order valence-corrected chi connectivity index (χ4v) is 5.87. The molecule has 8 nitrogen and oxygen atoms in total. The van der Waals surface area contributed by atoms with E-state index in [1.807, 2.05) is 6.92 Å². The van der Waals surface area contributed by atoms with Crippen molar-refractivity contribution in [1.82, 2.24) is 4.98 Å². The molecular weight excluding hydrogens is 374 g/mol. The molecule has 2 unspecified atom stereocenters. The molecule has 4 aliphatic heterocycles. The van der Waals surface area contributed by atoms with Crippen molar-refractivity contribution in [3.63, 3.8) is 0 Å². The number of rotatable bonds is 3. The standard InChI is InChI=1S/C21H17N3O5/c1-20-13-14(21(29-20,6-8-25)17-16(20)28-17)19(27)24(18(13)26)12-5-4-10(9-22)15-11(12)3-2-7-23-15/h2-5,7,13-14,16-17,25H,6,8H2,1H3/t13-,14+,16-,17+,20?,21?/m1/s1. The van der Waals surface area contributed by atoms with Crippen LogP contribution in [0.15, 0.2) is 30.5 Å². The highest BCUT2D eigenvalue weighted by molar-refractivity contribution is 6.26. The Balaban J connectivity index is 1.52. The van der Waals surface area contributed by atoms with Crippen LogP contribution in [0.1, 0.15) is 18.9 Å². The summed E-state index contributed by atoms with van der Waals surface area (Å²) < 4.78 is 12.0. The van der Waals surface area contributed by atoms with Gasteiger partial charge in [0.2, 0.25) is 11.8 Å². The molecule has 0 aliphatic carbocycles. The first-order valence-corrected chi connectivity index (χ1v) is 9.60. The molecule has 5 heterocycles. The van der Waals surface area contributed by atoms with E-state index in [0.717, 1.165) is 0 Å². The normalized spacial score (nSPS) is 39.0. The SMILES string of the molecule is CC12OC(CCO)([C@@H]3C(=O)N(c4ccc(C#N)c5ncccc45)C(=O)[C@@H]31)[C@H]1O[C@H]12. The molecule has 2 bridgehead atoms. The van der Waals surface area contributed by atoms with Gasteiger partial charge in [0.05, 0.1) is 28.6 Å². The number of epoxide rings is 1. The topological polar surface area (TPSA) is 116 Å². The Labute approximate surface area is 165 Å². The molecule has 4 fully saturated rings. The van der Waals surface area contributed by atoms with Crippen LogP contribution in [0.2, 0.25) is 0 Å². The molecule has 146 valence electrons. The van der Waals surface area contributed by atoms with Gasteiger partial charge in [-0.15, -0.1) is 0 Å². The second kappa shape index (κ2) is 5.19. The van der Waals surface area contributed by atoms with E-state index >= 15 is 0 Å². The van der Waals surface area contributed by atoms with Gasteiger partial charge in [-0.05, 0) is 31.2 Å². The van der Waals surface area contributed by atoms with E-state index in [1.165, 1.54) is 4.90 Å². The summed E-state index contributed by atoms with van der Waals surface area (Å²) in [5.41, 5.74) is -0.598. The molecule has 1 aromatic carbocycles. The summed E-state index contributed by atoms with van der Waals surface area (Å²) in [6.07, 6.45) is 1.32. The van der Waals surface area contributed by atoms with Gasteiger partial charge in [-0.3, -0.25) is 14.6 Å². The van der Waals surface area contributed by atoms with Crippen molar-refractivity contribution in [2.45, 2.75) is 36.8 Å². The number of carbonyl (C=O) groups excluding carboxylic acids is 2. The number of hydrogen-bond acceptors (Lipinski definition) is 7. The zero-order valence-corrected chi connectivity index (χ0v) is 15.5. The van der Waals surface area contributed by atoms with Crippen molar-refractivity contribution in [1.29, 1.82) is 5.26 Å². The fraction of sp³-hybridized carbons (Fsp3) is 0.429. The quantitative estimate of drug-likeness (QED) is 0.610. The van der Waals surface area contributed by atoms with Crippen LogP contribution >= 0.6 is 0 Å². The number of pyridine rings is 1. The third-order valence-electron chi connectivity index (χ3n) is 7.01. The van der Waals surface area contributed by atoms with E-state index in [4.69, 9.17) is 9.47 Å². The van der Waals surface area contributed by atoms with Crippen molar-refractivity contribution < 1.29 is 24.2 Å². The molecule has 8 heteroatoms. The van der Waals surface area contributed by atoms with E-state index in [1.54, 1.807) is 30.5 Å². The van der Waals surface area contributed by atoms with Crippen LogP contribution in [0.25, 0.3) is 10.9 Å². The van der Waals surface area contributed by atoms with E-state index < -0.39 is 23.0 Å². The molecule has 29 heavy (non-hydrogen) atoms. The second-order valence-corrected chi connectivity index (χ2v) is 8.30. The first kappa shape index (κ1) is 17.0. The van der Waals surface area contributed by atoms with E-state index in [2.05, 4.69) is 11.1 Å². The average molecular weight is 391 g/mol. The van der Waals surface area contributed by atoms with Crippen LogP contribution < -0.4 is 4.90 Å². The number of aromatic nitrogens is 1. The number of imide groups is 1. The minimum Gasteiger partial charge on any atom is -0.396 e. The van der Waals surface area contributed by atoms with Gasteiger partial charge in [-0.1, -0.05) is 0 Å². The van der Waals surface area contributed by atoms with Gasteiger partial charge < -0.3 is 14.6 Å². The lowest BCUT2D eigenvalue weighted by molar-refractivity contribution is -0.146. The predicted octanol–water partition coefficient (Wildman–Crippen LogP) is 0.903. The highest BCUT2D eigenvalue weighted by Gasteiger charge is 2.86. The summed E-state index contributed by atoms with van der Waals surface area (Å²) in [5.74, 6) is -2.03. The van der Waals surface area contributed by atoms with E-state index in [-0.39, 0.29) is 37.0 Å². The maximum absolute atomic E-state index is 13.6. The van der Waals surface area contributed by atoms with Crippen LogP contribution in [0.4, 0.5) is 5.69 Å². The molecule has 1 aromatic heterocycles. The first-order valence-electron chi connectivity index (χ1n) is 9.60. The Hall–Kier alpha value is -2.86. The van der Waals surface area contributed by atoms with Crippen LogP contribution in [-0.4, -0.2) is 51.9 Å². The number of amides is 2. The van der Waals surface area contributed by atoms with Crippen LogP contribution in [-0.2, 0) is 19.1 Å². The first-order chi connectivity index (χ1) is 14.0. The number of ether oxygens (including phenoxy) is 2. The van der Waals surface area contributed by atoms with Crippen molar-refractivity contribution in [2.75, 3.05) is 11.5 Å². The number of nitrogens with zero attached hydrogens (tertiary/aromatic N) is 3. The largest absolute Gasteiger partial charge is 0.396 e. The van der Waals surface area contributed by atoms with Crippen LogP contribution in [0, 0.1) is 23.2 Å². The van der Waals surface area contributed by atoms with E-state index in [9.17, 15) is 20.0 Å². The minimum atomic E-state index is -0.971. The molecule has 6 rings (SSSR count). The summed E-state index contributed by atoms with van der Waals surface area (Å²) in [4.78, 5) is 32.6. The lowest BCUT2D eigenvalue weighted by Crippen LogP contribution is -2.47. The monoisotopic (exact) mass is 391 g/mol. The fourth-order valence-electron chi connectivity index (χ4n) is 5.87. The second-order valence-electron chi connectivity index (χ2n) is 8.30. The number of nitriles is 1. The van der Waals surface area contributed by atoms with Gasteiger partial charge in [-0.2, -0.15) is 5.26 Å². The third-order valence-corrected chi connectivity index (χ3v) is 7.01. The average Bonchev–Trinajstić information content (AvgIpc) is 3.38. The van der Waals surface area contributed by atoms with Gasteiger partial charge in [0.25, 0.3) is 0 Å². The lowest BCUT2D eigenvalue weighted by Gasteiger charge is -2.30. The summed E-state index contributed by atoms with van der Waals surface area (Å²) >= 11 is 0. The number of anilines is 1. The number of fused-ring (bicyclic) bond motifs is 9. The smallest absolute Gasteiger partial charge is 0.240 e. The van der Waals surface area contributed by atoms with E-state index in [0.29, 0.717) is 22.2 Å². The number of benzene rings is 1. The zero-order valence-electron chi connectivity index (χ0n) is 15.5. The maximum atomic E-state index is 13.6. The Morgan fingerprint density at radius 2 is 2.03 bits per heavy atom. The zero-order chi connectivity index (χ0) is 20.1. The van der Waals surface area contributed by atoms with Gasteiger partial charge in [-0.25, -0.2) is 4.90 Å². The highest BCUT2D eigenvalue weighted by atomic mass is 16.7. The minimum absolute atomic E-state index is 0.156. The summed E-state index contributed by atoms with van der Waals surface area (Å²) in [6.45, 7) is 1.67. The van der Waals surface area contributed by atoms with Gasteiger partial charge >= 0.3 is 0 Å². The van der Waals surface area contributed by atoms with Gasteiger partial charge in [0.1, 0.15) is 29.5 Å². The third kappa shape index (κ3) is 1.77. The molecule has 2 aromatic rings. The molecule has 0 spiro atoms. The molecule has 0 saturated carbocycles. The molecule has 4 saturated heterocycles.